The summed E-state index contributed by atoms with van der Waals surface area (Å²) in [6.45, 7) is 1.52. The number of aromatic nitrogens is 3. The van der Waals surface area contributed by atoms with Crippen molar-refractivity contribution in [2.24, 2.45) is 0 Å². The number of H-pyrrole nitrogens is 1. The van der Waals surface area contributed by atoms with Gasteiger partial charge in [-0.25, -0.2) is 10.1 Å². The SMILES string of the molecule is C[C@H](Nc1ncn[nH]1)C(=O)O. The molecule has 0 fully saturated rings. The summed E-state index contributed by atoms with van der Waals surface area (Å²) in [5, 5.41) is 17.1. The minimum atomic E-state index is -0.929. The molecule has 0 aromatic carbocycles. The maximum Gasteiger partial charge on any atom is 0.325 e. The fourth-order valence-electron chi connectivity index (χ4n) is 0.542. The van der Waals surface area contributed by atoms with E-state index >= 15 is 0 Å². The van der Waals surface area contributed by atoms with Crippen LogP contribution in [0.25, 0.3) is 0 Å². The van der Waals surface area contributed by atoms with Gasteiger partial charge in [-0.15, -0.1) is 0 Å². The van der Waals surface area contributed by atoms with E-state index in [2.05, 4.69) is 20.5 Å². The molecule has 0 aliphatic rings. The predicted molar refractivity (Wildman–Crippen MR) is 37.1 cm³/mol. The summed E-state index contributed by atoms with van der Waals surface area (Å²) in [6, 6.07) is -0.664. The third kappa shape index (κ3) is 1.92. The number of rotatable bonds is 3. The average Bonchev–Trinajstić information content (AvgIpc) is 2.39. The van der Waals surface area contributed by atoms with Gasteiger partial charge in [-0.1, -0.05) is 0 Å². The van der Waals surface area contributed by atoms with E-state index in [9.17, 15) is 4.79 Å². The number of hydrogen-bond donors (Lipinski definition) is 3. The largest absolute Gasteiger partial charge is 0.480 e. The number of nitrogens with one attached hydrogen (secondary N) is 2. The molecule has 1 aromatic heterocycles. The Morgan fingerprint density at radius 2 is 2.64 bits per heavy atom. The Bertz CT molecular complexity index is 233. The molecule has 0 aliphatic heterocycles. The minimum Gasteiger partial charge on any atom is -0.480 e. The number of anilines is 1. The number of aliphatic carboxylic acids is 1. The molecule has 60 valence electrons. The maximum absolute atomic E-state index is 10.3. The van der Waals surface area contributed by atoms with E-state index in [0.717, 1.165) is 0 Å². The Balaban J connectivity index is 2.50. The van der Waals surface area contributed by atoms with Crippen molar-refractivity contribution in [3.05, 3.63) is 6.33 Å². The summed E-state index contributed by atoms with van der Waals surface area (Å²) in [7, 11) is 0. The molecule has 1 atom stereocenters. The number of carbonyl (C=O) groups is 1. The van der Waals surface area contributed by atoms with E-state index in [1.807, 2.05) is 0 Å². The average molecular weight is 156 g/mol. The summed E-state index contributed by atoms with van der Waals surface area (Å²) < 4.78 is 0. The van der Waals surface area contributed by atoms with Gasteiger partial charge in [-0.2, -0.15) is 5.10 Å². The summed E-state index contributed by atoms with van der Waals surface area (Å²) >= 11 is 0. The first kappa shape index (κ1) is 7.52. The topological polar surface area (TPSA) is 90.9 Å². The van der Waals surface area contributed by atoms with Gasteiger partial charge in [0.2, 0.25) is 5.95 Å². The number of aromatic amines is 1. The molecule has 0 saturated heterocycles. The Hall–Kier alpha value is -1.59. The minimum absolute atomic E-state index is 0.361. The van der Waals surface area contributed by atoms with Gasteiger partial charge in [0.05, 0.1) is 0 Å². The van der Waals surface area contributed by atoms with Crippen molar-refractivity contribution in [2.75, 3.05) is 5.32 Å². The highest BCUT2D eigenvalue weighted by Crippen LogP contribution is 1.95. The fraction of sp³-hybridized carbons (Fsp3) is 0.400. The third-order valence-electron chi connectivity index (χ3n) is 1.14. The lowest BCUT2D eigenvalue weighted by Gasteiger charge is -2.05. The zero-order valence-corrected chi connectivity index (χ0v) is 5.90. The van der Waals surface area contributed by atoms with Crippen molar-refractivity contribution in [1.82, 2.24) is 15.2 Å². The maximum atomic E-state index is 10.3. The van der Waals surface area contributed by atoms with Crippen LogP contribution in [0.4, 0.5) is 5.95 Å². The molecule has 1 rings (SSSR count). The second-order valence-electron chi connectivity index (χ2n) is 2.04. The predicted octanol–water partition coefficient (Wildman–Crippen LogP) is -0.310. The van der Waals surface area contributed by atoms with Crippen LogP contribution in [0.2, 0.25) is 0 Å². The highest BCUT2D eigenvalue weighted by atomic mass is 16.4. The Morgan fingerprint density at radius 1 is 1.91 bits per heavy atom. The Kier molecular flexibility index (Phi) is 2.05. The van der Waals surface area contributed by atoms with Crippen LogP contribution in [-0.2, 0) is 4.79 Å². The lowest BCUT2D eigenvalue weighted by Crippen LogP contribution is -2.25. The van der Waals surface area contributed by atoms with E-state index in [-0.39, 0.29) is 0 Å². The van der Waals surface area contributed by atoms with Crippen LogP contribution < -0.4 is 5.32 Å². The van der Waals surface area contributed by atoms with Crippen molar-refractivity contribution in [2.45, 2.75) is 13.0 Å². The van der Waals surface area contributed by atoms with Crippen molar-refractivity contribution >= 4 is 11.9 Å². The molecular formula is C5H8N4O2. The number of nitrogens with zero attached hydrogens (tertiary/aromatic N) is 2. The molecule has 0 unspecified atom stereocenters. The Morgan fingerprint density at radius 3 is 3.09 bits per heavy atom. The van der Waals surface area contributed by atoms with Gasteiger partial charge < -0.3 is 10.4 Å². The first-order valence-corrected chi connectivity index (χ1v) is 3.05. The lowest BCUT2D eigenvalue weighted by atomic mass is 10.3. The van der Waals surface area contributed by atoms with Gasteiger partial charge in [0.25, 0.3) is 0 Å². The molecule has 1 aromatic rings. The van der Waals surface area contributed by atoms with Gasteiger partial charge in [0.1, 0.15) is 12.4 Å². The zero-order chi connectivity index (χ0) is 8.27. The highest BCUT2D eigenvalue weighted by Gasteiger charge is 2.10. The van der Waals surface area contributed by atoms with Gasteiger partial charge >= 0.3 is 5.97 Å². The van der Waals surface area contributed by atoms with Crippen molar-refractivity contribution < 1.29 is 9.90 Å². The summed E-state index contributed by atoms with van der Waals surface area (Å²) in [4.78, 5) is 14.0. The summed E-state index contributed by atoms with van der Waals surface area (Å²) in [5.41, 5.74) is 0. The number of carboxylic acid groups (broad SMARTS) is 1. The quantitative estimate of drug-likeness (QED) is 0.558. The van der Waals surface area contributed by atoms with Crippen molar-refractivity contribution in [3.8, 4) is 0 Å². The van der Waals surface area contributed by atoms with E-state index in [1.54, 1.807) is 0 Å². The fourth-order valence-corrected chi connectivity index (χ4v) is 0.542. The van der Waals surface area contributed by atoms with Crippen LogP contribution in [0.15, 0.2) is 6.33 Å². The smallest absolute Gasteiger partial charge is 0.325 e. The second-order valence-corrected chi connectivity index (χ2v) is 2.04. The normalized spacial score (nSPS) is 12.5. The first-order valence-electron chi connectivity index (χ1n) is 3.05. The van der Waals surface area contributed by atoms with Crippen molar-refractivity contribution in [3.63, 3.8) is 0 Å². The van der Waals surface area contributed by atoms with Crippen LogP contribution in [0.3, 0.4) is 0 Å². The number of carboxylic acids is 1. The zero-order valence-electron chi connectivity index (χ0n) is 5.90. The lowest BCUT2D eigenvalue weighted by molar-refractivity contribution is -0.137. The number of hydrogen-bond acceptors (Lipinski definition) is 4. The molecule has 0 aliphatic carbocycles. The van der Waals surface area contributed by atoms with Crippen LogP contribution in [0.5, 0.6) is 0 Å². The molecule has 6 nitrogen and oxygen atoms in total. The van der Waals surface area contributed by atoms with Crippen LogP contribution >= 0.6 is 0 Å². The van der Waals surface area contributed by atoms with Crippen LogP contribution in [-0.4, -0.2) is 32.3 Å². The van der Waals surface area contributed by atoms with Gasteiger partial charge in [0, 0.05) is 0 Å². The van der Waals surface area contributed by atoms with Gasteiger partial charge in [-0.05, 0) is 6.92 Å². The third-order valence-corrected chi connectivity index (χ3v) is 1.14. The Labute approximate surface area is 62.6 Å². The molecule has 0 bridgehead atoms. The van der Waals surface area contributed by atoms with Crippen molar-refractivity contribution in [1.29, 1.82) is 0 Å². The molecule has 0 spiro atoms. The van der Waals surface area contributed by atoms with E-state index in [1.165, 1.54) is 13.3 Å². The molecule has 0 saturated carbocycles. The van der Waals surface area contributed by atoms with Crippen LogP contribution in [0.1, 0.15) is 6.92 Å². The molecule has 6 heteroatoms. The molecule has 3 N–H and O–H groups in total. The van der Waals surface area contributed by atoms with Gasteiger partial charge in [0.15, 0.2) is 0 Å². The summed E-state index contributed by atoms with van der Waals surface area (Å²) in [5.74, 6) is -0.568. The monoisotopic (exact) mass is 156 g/mol. The second kappa shape index (κ2) is 3.00. The first-order chi connectivity index (χ1) is 5.20. The van der Waals surface area contributed by atoms with E-state index < -0.39 is 12.0 Å². The van der Waals surface area contributed by atoms with E-state index in [0.29, 0.717) is 5.95 Å². The standard InChI is InChI=1S/C5H8N4O2/c1-3(4(10)11)8-5-6-2-7-9-5/h2-3H,1H3,(H,10,11)(H2,6,7,8,9)/t3-/m0/s1. The highest BCUT2D eigenvalue weighted by molar-refractivity contribution is 5.75. The molecule has 1 heterocycles. The van der Waals surface area contributed by atoms with E-state index in [4.69, 9.17) is 5.11 Å². The van der Waals surface area contributed by atoms with Crippen LogP contribution in [0, 0.1) is 0 Å². The molecule has 0 amide bonds. The molecular weight excluding hydrogens is 148 g/mol. The van der Waals surface area contributed by atoms with Gasteiger partial charge in [-0.3, -0.25) is 4.79 Å². The molecule has 11 heavy (non-hydrogen) atoms. The molecule has 0 radical (unpaired) electrons. The summed E-state index contributed by atoms with van der Waals surface area (Å²) in [6.07, 6.45) is 1.30.